The summed E-state index contributed by atoms with van der Waals surface area (Å²) in [7, 11) is 0. The van der Waals surface area contributed by atoms with Gasteiger partial charge in [0.05, 0.1) is 23.7 Å². The molecule has 1 aromatic carbocycles. The van der Waals surface area contributed by atoms with Gasteiger partial charge in [0, 0.05) is 6.54 Å². The number of aromatic nitrogens is 1. The second-order valence-corrected chi connectivity index (χ2v) is 4.62. The molecule has 110 valence electrons. The molecule has 1 N–H and O–H groups in total. The SMILES string of the molecule is O=[N+]([O-])c1cc(Cl)nc(NCCCOc2ccccc2)c1. The van der Waals surface area contributed by atoms with Gasteiger partial charge < -0.3 is 10.1 Å². The Bertz CT molecular complexity index is 608. The first-order valence-corrected chi connectivity index (χ1v) is 6.76. The summed E-state index contributed by atoms with van der Waals surface area (Å²) in [5.41, 5.74) is -0.0852. The van der Waals surface area contributed by atoms with Gasteiger partial charge in [0.15, 0.2) is 0 Å². The maximum atomic E-state index is 10.7. The molecule has 2 aromatic rings. The van der Waals surface area contributed by atoms with Crippen LogP contribution in [0.4, 0.5) is 11.5 Å². The lowest BCUT2D eigenvalue weighted by Crippen LogP contribution is -2.08. The number of nitrogens with one attached hydrogen (secondary N) is 1. The van der Waals surface area contributed by atoms with E-state index in [-0.39, 0.29) is 10.8 Å². The predicted octanol–water partition coefficient (Wildman–Crippen LogP) is 3.52. The molecule has 0 aliphatic carbocycles. The van der Waals surface area contributed by atoms with Gasteiger partial charge in [-0.3, -0.25) is 10.1 Å². The van der Waals surface area contributed by atoms with Gasteiger partial charge in [0.25, 0.3) is 5.69 Å². The number of nitrogens with zero attached hydrogens (tertiary/aromatic N) is 2. The number of anilines is 1. The van der Waals surface area contributed by atoms with Gasteiger partial charge in [-0.1, -0.05) is 29.8 Å². The van der Waals surface area contributed by atoms with E-state index in [1.165, 1.54) is 12.1 Å². The van der Waals surface area contributed by atoms with Crippen LogP contribution < -0.4 is 10.1 Å². The maximum Gasteiger partial charge on any atom is 0.276 e. The van der Waals surface area contributed by atoms with E-state index in [4.69, 9.17) is 16.3 Å². The molecule has 0 saturated heterocycles. The lowest BCUT2D eigenvalue weighted by molar-refractivity contribution is -0.384. The number of rotatable bonds is 7. The summed E-state index contributed by atoms with van der Waals surface area (Å²) in [6, 6.07) is 12.1. The van der Waals surface area contributed by atoms with Crippen LogP contribution in [0.1, 0.15) is 6.42 Å². The molecule has 0 amide bonds. The number of halogens is 1. The molecular formula is C14H14ClN3O3. The molecule has 0 aliphatic rings. The first-order valence-electron chi connectivity index (χ1n) is 6.39. The Balaban J connectivity index is 1.77. The molecule has 0 fully saturated rings. The summed E-state index contributed by atoms with van der Waals surface area (Å²) < 4.78 is 5.53. The third kappa shape index (κ3) is 4.92. The molecular weight excluding hydrogens is 294 g/mol. The van der Waals surface area contributed by atoms with E-state index in [0.29, 0.717) is 19.0 Å². The molecule has 21 heavy (non-hydrogen) atoms. The van der Waals surface area contributed by atoms with Gasteiger partial charge in [0.2, 0.25) is 0 Å². The molecule has 1 heterocycles. The Morgan fingerprint density at radius 2 is 2.05 bits per heavy atom. The van der Waals surface area contributed by atoms with Crippen LogP contribution in [0, 0.1) is 10.1 Å². The molecule has 0 aliphatic heterocycles. The minimum absolute atomic E-state index is 0.0852. The smallest absolute Gasteiger partial charge is 0.276 e. The number of pyridine rings is 1. The van der Waals surface area contributed by atoms with Gasteiger partial charge in [-0.25, -0.2) is 4.98 Å². The Morgan fingerprint density at radius 1 is 1.29 bits per heavy atom. The summed E-state index contributed by atoms with van der Waals surface area (Å²) in [6.45, 7) is 1.12. The summed E-state index contributed by atoms with van der Waals surface area (Å²) in [5.74, 6) is 1.20. The highest BCUT2D eigenvalue weighted by molar-refractivity contribution is 6.29. The number of hydrogen-bond donors (Lipinski definition) is 1. The van der Waals surface area contributed by atoms with Crippen LogP contribution in [0.15, 0.2) is 42.5 Å². The fourth-order valence-corrected chi connectivity index (χ4v) is 1.88. The van der Waals surface area contributed by atoms with Crippen molar-refractivity contribution in [3.63, 3.8) is 0 Å². The average Bonchev–Trinajstić information content (AvgIpc) is 2.47. The van der Waals surface area contributed by atoms with Crippen molar-refractivity contribution in [1.82, 2.24) is 4.98 Å². The number of nitro groups is 1. The third-order valence-electron chi connectivity index (χ3n) is 2.63. The van der Waals surface area contributed by atoms with Crippen LogP contribution in [0.25, 0.3) is 0 Å². The van der Waals surface area contributed by atoms with Crippen molar-refractivity contribution in [3.05, 3.63) is 57.7 Å². The second kappa shape index (κ2) is 7.44. The zero-order valence-electron chi connectivity index (χ0n) is 11.2. The minimum atomic E-state index is -0.503. The number of benzene rings is 1. The third-order valence-corrected chi connectivity index (χ3v) is 2.82. The van der Waals surface area contributed by atoms with Crippen molar-refractivity contribution >= 4 is 23.1 Å². The van der Waals surface area contributed by atoms with Crippen LogP contribution in [-0.2, 0) is 0 Å². The van der Waals surface area contributed by atoms with Crippen molar-refractivity contribution in [2.45, 2.75) is 6.42 Å². The van der Waals surface area contributed by atoms with E-state index in [1.807, 2.05) is 30.3 Å². The topological polar surface area (TPSA) is 77.3 Å². The largest absolute Gasteiger partial charge is 0.494 e. The Labute approximate surface area is 126 Å². The standard InChI is InChI=1S/C14H14ClN3O3/c15-13-9-11(18(19)20)10-14(17-13)16-7-4-8-21-12-5-2-1-3-6-12/h1-3,5-6,9-10H,4,7-8H2,(H,16,17). The Morgan fingerprint density at radius 3 is 2.76 bits per heavy atom. The first kappa shape index (κ1) is 15.1. The molecule has 1 aromatic heterocycles. The zero-order chi connectivity index (χ0) is 15.1. The van der Waals surface area contributed by atoms with E-state index in [0.717, 1.165) is 12.2 Å². The highest BCUT2D eigenvalue weighted by Gasteiger charge is 2.09. The monoisotopic (exact) mass is 307 g/mol. The van der Waals surface area contributed by atoms with Crippen molar-refractivity contribution in [1.29, 1.82) is 0 Å². The van der Waals surface area contributed by atoms with E-state index in [9.17, 15) is 10.1 Å². The van der Waals surface area contributed by atoms with Crippen LogP contribution in [0.2, 0.25) is 5.15 Å². The second-order valence-electron chi connectivity index (χ2n) is 4.23. The predicted molar refractivity (Wildman–Crippen MR) is 80.9 cm³/mol. The van der Waals surface area contributed by atoms with Crippen molar-refractivity contribution in [2.24, 2.45) is 0 Å². The fraction of sp³-hybridized carbons (Fsp3) is 0.214. The summed E-state index contributed by atoms with van der Waals surface area (Å²) >= 11 is 5.73. The van der Waals surface area contributed by atoms with Gasteiger partial charge in [-0.15, -0.1) is 0 Å². The lowest BCUT2D eigenvalue weighted by Gasteiger charge is -2.07. The normalized spacial score (nSPS) is 10.1. The van der Waals surface area contributed by atoms with E-state index < -0.39 is 4.92 Å². The first-order chi connectivity index (χ1) is 10.1. The lowest BCUT2D eigenvalue weighted by atomic mass is 10.3. The van der Waals surface area contributed by atoms with Gasteiger partial charge in [0.1, 0.15) is 16.7 Å². The minimum Gasteiger partial charge on any atom is -0.494 e. The number of para-hydroxylation sites is 1. The van der Waals surface area contributed by atoms with Crippen LogP contribution in [0.5, 0.6) is 5.75 Å². The van der Waals surface area contributed by atoms with Crippen molar-refractivity contribution in [3.8, 4) is 5.75 Å². The Kier molecular flexibility index (Phi) is 5.34. The number of ether oxygens (including phenoxy) is 1. The molecule has 0 bridgehead atoms. The highest BCUT2D eigenvalue weighted by atomic mass is 35.5. The molecule has 7 heteroatoms. The van der Waals surface area contributed by atoms with Crippen molar-refractivity contribution < 1.29 is 9.66 Å². The molecule has 6 nitrogen and oxygen atoms in total. The van der Waals surface area contributed by atoms with Gasteiger partial charge in [-0.2, -0.15) is 0 Å². The number of hydrogen-bond acceptors (Lipinski definition) is 5. The van der Waals surface area contributed by atoms with Crippen LogP contribution in [0.3, 0.4) is 0 Å². The molecule has 0 atom stereocenters. The maximum absolute atomic E-state index is 10.7. The molecule has 0 radical (unpaired) electrons. The molecule has 2 rings (SSSR count). The summed E-state index contributed by atoms with van der Waals surface area (Å²) in [4.78, 5) is 14.2. The van der Waals surface area contributed by atoms with Crippen molar-refractivity contribution in [2.75, 3.05) is 18.5 Å². The molecule has 0 saturated carbocycles. The van der Waals surface area contributed by atoms with E-state index in [2.05, 4.69) is 10.3 Å². The molecule has 0 unspecified atom stereocenters. The summed E-state index contributed by atoms with van der Waals surface area (Å²) in [6.07, 6.45) is 0.733. The van der Waals surface area contributed by atoms with E-state index in [1.54, 1.807) is 0 Å². The zero-order valence-corrected chi connectivity index (χ0v) is 11.9. The van der Waals surface area contributed by atoms with Gasteiger partial charge in [-0.05, 0) is 18.6 Å². The van der Waals surface area contributed by atoms with E-state index >= 15 is 0 Å². The summed E-state index contributed by atoms with van der Waals surface area (Å²) in [5, 5.41) is 13.8. The Hall–Kier alpha value is -2.34. The van der Waals surface area contributed by atoms with Gasteiger partial charge >= 0.3 is 0 Å². The highest BCUT2D eigenvalue weighted by Crippen LogP contribution is 2.20. The molecule has 0 spiro atoms. The fourth-order valence-electron chi connectivity index (χ4n) is 1.67. The quantitative estimate of drug-likeness (QED) is 0.366. The average molecular weight is 308 g/mol. The van der Waals surface area contributed by atoms with Crippen LogP contribution in [-0.4, -0.2) is 23.1 Å². The van der Waals surface area contributed by atoms with Crippen LogP contribution >= 0.6 is 11.6 Å².